The van der Waals surface area contributed by atoms with Gasteiger partial charge < -0.3 is 10.4 Å². The van der Waals surface area contributed by atoms with Crippen molar-refractivity contribution in [2.45, 2.75) is 33.6 Å². The highest BCUT2D eigenvalue weighted by Crippen LogP contribution is 2.27. The van der Waals surface area contributed by atoms with Gasteiger partial charge in [0.25, 0.3) is 0 Å². The number of thioether (sulfide) groups is 1. The van der Waals surface area contributed by atoms with Gasteiger partial charge in [-0.25, -0.2) is 9.38 Å². The maximum atomic E-state index is 13.2. The summed E-state index contributed by atoms with van der Waals surface area (Å²) < 4.78 is 13.2. The van der Waals surface area contributed by atoms with E-state index in [1.807, 2.05) is 69.1 Å². The van der Waals surface area contributed by atoms with Crippen LogP contribution >= 0.6 is 11.8 Å². The lowest BCUT2D eigenvalue weighted by Crippen LogP contribution is -2.07. The molecule has 2 N–H and O–H groups in total. The first-order chi connectivity index (χ1) is 18.1. The van der Waals surface area contributed by atoms with E-state index < -0.39 is 0 Å². The van der Waals surface area contributed by atoms with Crippen LogP contribution in [0.25, 0.3) is 11.8 Å². The molecule has 0 spiro atoms. The molecule has 1 aliphatic rings. The molecule has 6 heteroatoms. The summed E-state index contributed by atoms with van der Waals surface area (Å²) in [5.41, 5.74) is 7.83. The number of aliphatic hydroxyl groups is 1. The van der Waals surface area contributed by atoms with Crippen molar-refractivity contribution in [3.63, 3.8) is 0 Å². The van der Waals surface area contributed by atoms with Gasteiger partial charge in [0, 0.05) is 29.6 Å². The lowest BCUT2D eigenvalue weighted by Gasteiger charge is -2.13. The van der Waals surface area contributed by atoms with Crippen molar-refractivity contribution in [1.29, 1.82) is 0 Å². The van der Waals surface area contributed by atoms with E-state index in [2.05, 4.69) is 34.7 Å². The predicted molar refractivity (Wildman–Crippen MR) is 161 cm³/mol. The molecule has 0 aromatic heterocycles. The van der Waals surface area contributed by atoms with Gasteiger partial charge in [-0.1, -0.05) is 44.7 Å². The molecule has 0 aliphatic carbocycles. The van der Waals surface area contributed by atoms with Crippen LogP contribution in [0, 0.1) is 17.8 Å². The average Bonchev–Trinajstić information content (AvgIpc) is 2.95. The third kappa shape index (κ3) is 11.9. The number of hydrogen-bond acceptors (Lipinski definition) is 5. The molecule has 0 saturated heterocycles. The number of hydrogen-bond donors (Lipinski definition) is 2. The second-order valence-electron chi connectivity index (χ2n) is 7.57. The molecule has 0 atom stereocenters. The largest absolute Gasteiger partial charge is 0.462 e. The highest BCUT2D eigenvalue weighted by molar-refractivity contribution is 8.12. The summed E-state index contributed by atoms with van der Waals surface area (Å²) in [7, 11) is 1.96. The van der Waals surface area contributed by atoms with E-state index in [1.54, 1.807) is 30.0 Å². The van der Waals surface area contributed by atoms with Gasteiger partial charge in [0.2, 0.25) is 0 Å². The van der Waals surface area contributed by atoms with Crippen molar-refractivity contribution >= 4 is 35.3 Å². The van der Waals surface area contributed by atoms with Crippen LogP contribution in [-0.2, 0) is 0 Å². The first-order valence-electron chi connectivity index (χ1n) is 12.4. The molecule has 2 aromatic carbocycles. The molecule has 37 heavy (non-hydrogen) atoms. The molecule has 0 radical (unpaired) electrons. The zero-order chi connectivity index (χ0) is 27.3. The van der Waals surface area contributed by atoms with Gasteiger partial charge in [0.05, 0.1) is 11.2 Å². The zero-order valence-electron chi connectivity index (χ0n) is 22.3. The Morgan fingerprint density at radius 2 is 1.95 bits per heavy atom. The van der Waals surface area contributed by atoms with E-state index in [0.717, 1.165) is 59.6 Å². The average molecular weight is 520 g/mol. The van der Waals surface area contributed by atoms with Crippen LogP contribution in [0.1, 0.15) is 50.3 Å². The fourth-order valence-electron chi connectivity index (χ4n) is 3.27. The monoisotopic (exact) mass is 519 g/mol. The molecule has 196 valence electrons. The van der Waals surface area contributed by atoms with Crippen molar-refractivity contribution in [3.05, 3.63) is 94.8 Å². The van der Waals surface area contributed by atoms with E-state index in [4.69, 9.17) is 5.11 Å². The number of nitrogens with zero attached hydrogens (tertiary/aromatic N) is 2. The van der Waals surface area contributed by atoms with Crippen molar-refractivity contribution in [2.75, 3.05) is 25.9 Å². The number of rotatable bonds is 9. The topological polar surface area (TPSA) is 57.0 Å². The Bertz CT molecular complexity index is 1140. The highest BCUT2D eigenvalue weighted by Gasteiger charge is 2.10. The Labute approximate surface area is 226 Å². The summed E-state index contributed by atoms with van der Waals surface area (Å²) in [6, 6.07) is 14.0. The summed E-state index contributed by atoms with van der Waals surface area (Å²) >= 11 is 1.70. The standard InChI is InChI=1S/C19H24FN3S.C10H8O.C2H6/c1-15(16-8-11-22-12-9-16)19(17-4-6-18(20)7-5-17)23-14-24-13-3-10-21-2;1-2-9-5-3-4-6-10(9)7-8-11;1-2/h4-8,11,14,21H,3,9-10,12-13H2,1-2H3;2-6,11H,1H2;1-2H3/b19-15+,23-14?;;. The second kappa shape index (κ2) is 19.7. The van der Waals surface area contributed by atoms with Gasteiger partial charge in [-0.3, -0.25) is 4.99 Å². The molecule has 3 rings (SSSR count). The van der Waals surface area contributed by atoms with E-state index >= 15 is 0 Å². The summed E-state index contributed by atoms with van der Waals surface area (Å²) in [4.78, 5) is 8.92. The molecule has 0 amide bonds. The lowest BCUT2D eigenvalue weighted by molar-refractivity contribution is 0.517. The van der Waals surface area contributed by atoms with Crippen molar-refractivity contribution < 1.29 is 9.50 Å². The first kappa shape index (κ1) is 31.6. The highest BCUT2D eigenvalue weighted by atomic mass is 32.2. The second-order valence-corrected chi connectivity index (χ2v) is 8.52. The molecular formula is C31H38FN3OS. The molecule has 2 aromatic rings. The van der Waals surface area contributed by atoms with Crippen LogP contribution in [-0.4, -0.2) is 42.8 Å². The van der Waals surface area contributed by atoms with E-state index in [-0.39, 0.29) is 5.82 Å². The van der Waals surface area contributed by atoms with Crippen LogP contribution in [0.5, 0.6) is 0 Å². The molecule has 4 nitrogen and oxygen atoms in total. The summed E-state index contributed by atoms with van der Waals surface area (Å²) in [6.07, 6.45) is 9.47. The number of allylic oxidation sites excluding steroid dienone is 2. The fraction of sp³-hybridized carbons (Fsp3) is 0.290. The van der Waals surface area contributed by atoms with Gasteiger partial charge in [-0.2, -0.15) is 0 Å². The maximum absolute atomic E-state index is 13.2. The van der Waals surface area contributed by atoms with Crippen LogP contribution < -0.4 is 5.32 Å². The minimum absolute atomic E-state index is 0.231. The smallest absolute Gasteiger partial charge is 0.123 e. The third-order valence-corrected chi connectivity index (χ3v) is 5.94. The molecule has 1 aliphatic heterocycles. The number of nitrogens with one attached hydrogen (secondary N) is 1. The minimum atomic E-state index is -0.231. The minimum Gasteiger partial charge on any atom is -0.462 e. The first-order valence-corrected chi connectivity index (χ1v) is 13.5. The normalized spacial score (nSPS) is 12.6. The summed E-state index contributed by atoms with van der Waals surface area (Å²) in [6.45, 7) is 11.5. The predicted octanol–water partition coefficient (Wildman–Crippen LogP) is 7.37. The molecule has 0 saturated carbocycles. The van der Waals surface area contributed by atoms with Crippen LogP contribution in [0.15, 0.2) is 82.3 Å². The Kier molecular flexibility index (Phi) is 16.9. The van der Waals surface area contributed by atoms with Gasteiger partial charge >= 0.3 is 0 Å². The number of halogens is 1. The van der Waals surface area contributed by atoms with E-state index in [0.29, 0.717) is 0 Å². The molecule has 1 heterocycles. The van der Waals surface area contributed by atoms with Gasteiger partial charge in [0.15, 0.2) is 0 Å². The number of dihydropyridines is 1. The molecular weight excluding hydrogens is 481 g/mol. The van der Waals surface area contributed by atoms with Crippen LogP contribution in [0.3, 0.4) is 0 Å². The number of aliphatic hydroxyl groups excluding tert-OH is 1. The Hall–Kier alpha value is -3.40. The van der Waals surface area contributed by atoms with Gasteiger partial charge in [-0.05, 0) is 92.4 Å². The Morgan fingerprint density at radius 1 is 1.22 bits per heavy atom. The Morgan fingerprint density at radius 3 is 2.57 bits per heavy atom. The number of benzene rings is 2. The third-order valence-electron chi connectivity index (χ3n) is 5.16. The molecule has 0 fully saturated rings. The molecule has 0 bridgehead atoms. The Balaban J connectivity index is 0.000000439. The van der Waals surface area contributed by atoms with E-state index in [1.165, 1.54) is 17.7 Å². The van der Waals surface area contributed by atoms with Gasteiger partial charge in [0.1, 0.15) is 11.9 Å². The zero-order valence-corrected chi connectivity index (χ0v) is 23.1. The van der Waals surface area contributed by atoms with Crippen molar-refractivity contribution in [1.82, 2.24) is 5.32 Å². The fourth-order valence-corrected chi connectivity index (χ4v) is 3.87. The van der Waals surface area contributed by atoms with Crippen LogP contribution in [0.4, 0.5) is 4.39 Å². The number of aliphatic imine (C=N–C) groups is 2. The van der Waals surface area contributed by atoms with Crippen LogP contribution in [0.2, 0.25) is 0 Å². The van der Waals surface area contributed by atoms with Crippen molar-refractivity contribution in [3.8, 4) is 12.0 Å². The van der Waals surface area contributed by atoms with Gasteiger partial charge in [-0.15, -0.1) is 11.8 Å². The summed E-state index contributed by atoms with van der Waals surface area (Å²) in [5.74, 6) is 3.35. The van der Waals surface area contributed by atoms with E-state index in [9.17, 15) is 4.39 Å². The lowest BCUT2D eigenvalue weighted by atomic mass is 9.97. The summed E-state index contributed by atoms with van der Waals surface area (Å²) in [5, 5.41) is 11.5. The quantitative estimate of drug-likeness (QED) is 0.157. The maximum Gasteiger partial charge on any atom is 0.123 e. The molecule has 0 unspecified atom stereocenters. The van der Waals surface area contributed by atoms with Crippen molar-refractivity contribution in [2.24, 2.45) is 9.98 Å². The SMILES string of the molecule is C=Cc1ccccc1C#CO.CC.CNCCCSC=N/C(=C(\C)C1=CC=NCC1)c1ccc(F)cc1.